The van der Waals surface area contributed by atoms with Crippen LogP contribution in [0.15, 0.2) is 0 Å². The minimum absolute atomic E-state index is 0.560. The number of ether oxygens (including phenoxy) is 2. The molecule has 0 aliphatic rings. The van der Waals surface area contributed by atoms with E-state index in [1.807, 2.05) is 0 Å². The molecular formula is C6H17N3O2. The lowest BCUT2D eigenvalue weighted by atomic mass is 10.7. The summed E-state index contributed by atoms with van der Waals surface area (Å²) in [7, 11) is 0. The number of hydrogen-bond acceptors (Lipinski definition) is 5. The van der Waals surface area contributed by atoms with Crippen molar-refractivity contribution in [1.29, 1.82) is 0 Å². The largest absolute Gasteiger partial charge is 0.378 e. The molecule has 0 amide bonds. The van der Waals surface area contributed by atoms with Crippen molar-refractivity contribution in [3.63, 3.8) is 0 Å². The molecule has 5 nitrogen and oxygen atoms in total. The lowest BCUT2D eigenvalue weighted by Crippen LogP contribution is -2.26. The monoisotopic (exact) mass is 163 g/mol. The van der Waals surface area contributed by atoms with Crippen LogP contribution in [-0.2, 0) is 9.47 Å². The highest BCUT2D eigenvalue weighted by Gasteiger charge is 1.87. The number of rotatable bonds is 8. The average molecular weight is 163 g/mol. The van der Waals surface area contributed by atoms with Gasteiger partial charge in [-0.05, 0) is 0 Å². The summed E-state index contributed by atoms with van der Waals surface area (Å²) in [5.41, 5.74) is 7.68. The van der Waals surface area contributed by atoms with Crippen molar-refractivity contribution in [3.8, 4) is 0 Å². The zero-order chi connectivity index (χ0) is 8.36. The zero-order valence-corrected chi connectivity index (χ0v) is 6.71. The third-order valence-electron chi connectivity index (χ3n) is 1.02. The van der Waals surface area contributed by atoms with Gasteiger partial charge in [0, 0.05) is 13.1 Å². The molecule has 0 heterocycles. The van der Waals surface area contributed by atoms with Crippen LogP contribution in [-0.4, -0.2) is 39.5 Å². The molecule has 0 saturated carbocycles. The molecule has 0 aliphatic heterocycles. The first kappa shape index (κ1) is 10.8. The second-order valence-electron chi connectivity index (χ2n) is 1.97. The van der Waals surface area contributed by atoms with Crippen LogP contribution >= 0.6 is 0 Å². The average Bonchev–Trinajstić information content (AvgIpc) is 2.03. The third kappa shape index (κ3) is 9.80. The standard InChI is InChI=1S/C6H17N3O2/c7-1-3-10-5-6-11-4-2-9-8/h9H,1-8H2. The molecule has 5 heteroatoms. The number of hydrogen-bond donors (Lipinski definition) is 3. The fourth-order valence-electron chi connectivity index (χ4n) is 0.536. The minimum Gasteiger partial charge on any atom is -0.378 e. The molecule has 0 rings (SSSR count). The fourth-order valence-corrected chi connectivity index (χ4v) is 0.536. The first-order valence-corrected chi connectivity index (χ1v) is 3.71. The van der Waals surface area contributed by atoms with E-state index in [0.29, 0.717) is 39.5 Å². The minimum atomic E-state index is 0.560. The molecule has 0 radical (unpaired) electrons. The van der Waals surface area contributed by atoms with E-state index in [1.54, 1.807) is 0 Å². The van der Waals surface area contributed by atoms with E-state index in [4.69, 9.17) is 21.1 Å². The van der Waals surface area contributed by atoms with Gasteiger partial charge in [0.2, 0.25) is 0 Å². The van der Waals surface area contributed by atoms with Gasteiger partial charge in [-0.2, -0.15) is 0 Å². The molecule has 0 aliphatic carbocycles. The van der Waals surface area contributed by atoms with Crippen LogP contribution in [0, 0.1) is 0 Å². The smallest absolute Gasteiger partial charge is 0.0701 e. The molecule has 68 valence electrons. The summed E-state index contributed by atoms with van der Waals surface area (Å²) in [6.45, 7) is 3.63. The van der Waals surface area contributed by atoms with Crippen LogP contribution in [0.4, 0.5) is 0 Å². The molecule has 0 fully saturated rings. The van der Waals surface area contributed by atoms with Crippen LogP contribution in [0.2, 0.25) is 0 Å². The van der Waals surface area contributed by atoms with E-state index >= 15 is 0 Å². The van der Waals surface area contributed by atoms with Crippen molar-refractivity contribution < 1.29 is 9.47 Å². The summed E-state index contributed by atoms with van der Waals surface area (Å²) in [4.78, 5) is 0. The maximum absolute atomic E-state index is 5.20. The lowest BCUT2D eigenvalue weighted by molar-refractivity contribution is 0.0519. The number of nitrogens with one attached hydrogen (secondary N) is 1. The SMILES string of the molecule is NCCOCCOCCNN. The third-order valence-corrected chi connectivity index (χ3v) is 1.02. The van der Waals surface area contributed by atoms with Crippen molar-refractivity contribution >= 4 is 0 Å². The van der Waals surface area contributed by atoms with Gasteiger partial charge in [0.25, 0.3) is 0 Å². The Balaban J connectivity index is 2.69. The molecular weight excluding hydrogens is 146 g/mol. The summed E-state index contributed by atoms with van der Waals surface area (Å²) in [5, 5.41) is 0. The summed E-state index contributed by atoms with van der Waals surface area (Å²) in [6, 6.07) is 0. The molecule has 0 aromatic carbocycles. The van der Waals surface area contributed by atoms with Crippen LogP contribution in [0.5, 0.6) is 0 Å². The van der Waals surface area contributed by atoms with Crippen LogP contribution in [0.25, 0.3) is 0 Å². The Bertz CT molecular complexity index is 64.8. The van der Waals surface area contributed by atoms with Gasteiger partial charge in [-0.1, -0.05) is 0 Å². The first-order valence-electron chi connectivity index (χ1n) is 3.71. The Labute approximate surface area is 67.0 Å². The number of hydrazine groups is 1. The topological polar surface area (TPSA) is 82.5 Å². The van der Waals surface area contributed by atoms with Crippen LogP contribution in [0.1, 0.15) is 0 Å². The summed E-state index contributed by atoms with van der Waals surface area (Å²) in [5.74, 6) is 5.01. The molecule has 0 saturated heterocycles. The van der Waals surface area contributed by atoms with E-state index in [0.717, 1.165) is 0 Å². The van der Waals surface area contributed by atoms with Gasteiger partial charge in [-0.25, -0.2) is 0 Å². The maximum atomic E-state index is 5.20. The molecule has 0 aromatic heterocycles. The summed E-state index contributed by atoms with van der Waals surface area (Å²) in [6.07, 6.45) is 0. The first-order chi connectivity index (χ1) is 5.41. The summed E-state index contributed by atoms with van der Waals surface area (Å²) >= 11 is 0. The Kier molecular flexibility index (Phi) is 9.62. The van der Waals surface area contributed by atoms with Gasteiger partial charge in [0.15, 0.2) is 0 Å². The normalized spacial score (nSPS) is 10.4. The van der Waals surface area contributed by atoms with Gasteiger partial charge >= 0.3 is 0 Å². The summed E-state index contributed by atoms with van der Waals surface area (Å²) < 4.78 is 10.2. The lowest BCUT2D eigenvalue weighted by Gasteiger charge is -2.03. The van der Waals surface area contributed by atoms with Crippen LogP contribution in [0.3, 0.4) is 0 Å². The van der Waals surface area contributed by atoms with Gasteiger partial charge in [-0.3, -0.25) is 11.3 Å². The highest BCUT2D eigenvalue weighted by atomic mass is 16.5. The van der Waals surface area contributed by atoms with Gasteiger partial charge < -0.3 is 15.2 Å². The molecule has 0 unspecified atom stereocenters. The number of nitrogens with two attached hydrogens (primary N) is 2. The Morgan fingerprint density at radius 3 is 2.18 bits per heavy atom. The van der Waals surface area contributed by atoms with Crippen molar-refractivity contribution in [2.45, 2.75) is 0 Å². The Morgan fingerprint density at radius 1 is 1.00 bits per heavy atom. The molecule has 0 aromatic rings. The van der Waals surface area contributed by atoms with Gasteiger partial charge in [0.1, 0.15) is 0 Å². The van der Waals surface area contributed by atoms with E-state index in [9.17, 15) is 0 Å². The zero-order valence-electron chi connectivity index (χ0n) is 6.71. The predicted molar refractivity (Wildman–Crippen MR) is 42.9 cm³/mol. The Morgan fingerprint density at radius 2 is 1.64 bits per heavy atom. The predicted octanol–water partition coefficient (Wildman–Crippen LogP) is -1.56. The van der Waals surface area contributed by atoms with Gasteiger partial charge in [0.05, 0.1) is 26.4 Å². The van der Waals surface area contributed by atoms with E-state index in [-0.39, 0.29) is 0 Å². The van der Waals surface area contributed by atoms with E-state index < -0.39 is 0 Å². The highest BCUT2D eigenvalue weighted by Crippen LogP contribution is 1.76. The maximum Gasteiger partial charge on any atom is 0.0701 e. The molecule has 0 spiro atoms. The van der Waals surface area contributed by atoms with Crippen molar-refractivity contribution in [1.82, 2.24) is 5.43 Å². The van der Waals surface area contributed by atoms with Crippen molar-refractivity contribution in [2.75, 3.05) is 39.5 Å². The quantitative estimate of drug-likeness (QED) is 0.229. The van der Waals surface area contributed by atoms with E-state index in [2.05, 4.69) is 5.43 Å². The molecule has 0 bridgehead atoms. The second-order valence-corrected chi connectivity index (χ2v) is 1.97. The fraction of sp³-hybridized carbons (Fsp3) is 1.00. The Hall–Kier alpha value is -0.200. The molecule has 0 atom stereocenters. The van der Waals surface area contributed by atoms with E-state index in [1.165, 1.54) is 0 Å². The highest BCUT2D eigenvalue weighted by molar-refractivity contribution is 4.35. The van der Waals surface area contributed by atoms with Crippen molar-refractivity contribution in [3.05, 3.63) is 0 Å². The molecule has 11 heavy (non-hydrogen) atoms. The molecule has 5 N–H and O–H groups in total. The van der Waals surface area contributed by atoms with Crippen LogP contribution < -0.4 is 17.0 Å². The van der Waals surface area contributed by atoms with Crippen molar-refractivity contribution in [2.24, 2.45) is 11.6 Å². The second kappa shape index (κ2) is 9.80. The van der Waals surface area contributed by atoms with Gasteiger partial charge in [-0.15, -0.1) is 0 Å².